The second-order valence-corrected chi connectivity index (χ2v) is 11.4. The van der Waals surface area contributed by atoms with E-state index in [2.05, 4.69) is 38.5 Å². The number of oxazole rings is 2. The van der Waals surface area contributed by atoms with Gasteiger partial charge in [-0.15, -0.1) is 0 Å². The summed E-state index contributed by atoms with van der Waals surface area (Å²) in [6, 6.07) is 9.27. The second kappa shape index (κ2) is 24.0. The van der Waals surface area contributed by atoms with Gasteiger partial charge in [-0.3, -0.25) is 0 Å². The SMILES string of the molecule is C.C=CCOC(=O)N[C@@H](CC)C(O)c1ncc(-c2c(Cl)cccc2Cl)o1.C=CCOC(=O)N[C@H](C=O)CC.Clc1cccc(Cl)c1-c1cnco1. The molecule has 3 atom stereocenters. The molecular weight excluding hydrogens is 746 g/mol. The molecule has 0 aliphatic heterocycles. The van der Waals surface area contributed by atoms with Crippen molar-refractivity contribution in [3.05, 3.63) is 106 Å². The Labute approximate surface area is 316 Å². The summed E-state index contributed by atoms with van der Waals surface area (Å²) in [6.07, 6.45) is 6.52. The lowest BCUT2D eigenvalue weighted by Crippen LogP contribution is -2.39. The van der Waals surface area contributed by atoms with E-state index in [1.807, 2.05) is 0 Å². The van der Waals surface area contributed by atoms with Crippen LogP contribution in [-0.2, 0) is 14.3 Å². The maximum atomic E-state index is 11.6. The molecule has 276 valence electrons. The van der Waals surface area contributed by atoms with Crippen molar-refractivity contribution in [3.8, 4) is 22.6 Å². The summed E-state index contributed by atoms with van der Waals surface area (Å²) in [4.78, 5) is 40.6. The summed E-state index contributed by atoms with van der Waals surface area (Å²) in [5, 5.41) is 17.3. The summed E-state index contributed by atoms with van der Waals surface area (Å²) in [6.45, 7) is 10.7. The zero-order valence-corrected chi connectivity index (χ0v) is 30.1. The lowest BCUT2D eigenvalue weighted by molar-refractivity contribution is -0.109. The van der Waals surface area contributed by atoms with Crippen molar-refractivity contribution in [2.75, 3.05) is 13.2 Å². The Morgan fingerprint density at radius 3 is 1.80 bits per heavy atom. The van der Waals surface area contributed by atoms with Crippen LogP contribution in [0, 0.1) is 0 Å². The van der Waals surface area contributed by atoms with Crippen LogP contribution >= 0.6 is 46.4 Å². The number of nitrogens with zero attached hydrogens (tertiary/aromatic N) is 2. The van der Waals surface area contributed by atoms with Gasteiger partial charge in [0.2, 0.25) is 5.89 Å². The molecule has 0 radical (unpaired) electrons. The number of hydrogen-bond donors (Lipinski definition) is 3. The third-order valence-corrected chi connectivity index (χ3v) is 7.58. The number of hydrogen-bond acceptors (Lipinski definition) is 10. The number of aldehydes is 1. The van der Waals surface area contributed by atoms with E-state index in [4.69, 9.17) is 60.0 Å². The van der Waals surface area contributed by atoms with Gasteiger partial charge in [0.15, 0.2) is 24.0 Å². The number of halogens is 4. The molecule has 0 fully saturated rings. The van der Waals surface area contributed by atoms with Crippen LogP contribution in [0.3, 0.4) is 0 Å². The van der Waals surface area contributed by atoms with Gasteiger partial charge in [0.25, 0.3) is 0 Å². The summed E-state index contributed by atoms with van der Waals surface area (Å²) < 4.78 is 20.2. The third kappa shape index (κ3) is 14.4. The predicted molar refractivity (Wildman–Crippen MR) is 199 cm³/mol. The van der Waals surface area contributed by atoms with E-state index in [0.29, 0.717) is 61.9 Å². The molecule has 4 aromatic rings. The Hall–Kier alpha value is -4.33. The van der Waals surface area contributed by atoms with Crippen molar-refractivity contribution in [2.24, 2.45) is 0 Å². The smallest absolute Gasteiger partial charge is 0.408 e. The predicted octanol–water partition coefficient (Wildman–Crippen LogP) is 9.53. The fourth-order valence-corrected chi connectivity index (χ4v) is 4.98. The van der Waals surface area contributed by atoms with Gasteiger partial charge in [-0.1, -0.05) is 105 Å². The molecule has 2 heterocycles. The molecule has 16 heteroatoms. The van der Waals surface area contributed by atoms with E-state index in [-0.39, 0.29) is 26.5 Å². The minimum atomic E-state index is -1.16. The van der Waals surface area contributed by atoms with Gasteiger partial charge < -0.3 is 38.8 Å². The first-order chi connectivity index (χ1) is 24.0. The minimum Gasteiger partial charge on any atom is -0.445 e. The van der Waals surface area contributed by atoms with Gasteiger partial charge in [-0.05, 0) is 37.1 Å². The number of amides is 2. The number of aliphatic hydroxyl groups excluding tert-OH is 1. The highest BCUT2D eigenvalue weighted by molar-refractivity contribution is 6.39. The van der Waals surface area contributed by atoms with Crippen molar-refractivity contribution in [1.29, 1.82) is 0 Å². The largest absolute Gasteiger partial charge is 0.445 e. The van der Waals surface area contributed by atoms with Crippen molar-refractivity contribution in [3.63, 3.8) is 0 Å². The molecule has 51 heavy (non-hydrogen) atoms. The monoisotopic (exact) mass is 784 g/mol. The van der Waals surface area contributed by atoms with E-state index in [0.717, 1.165) is 0 Å². The average molecular weight is 787 g/mol. The van der Waals surface area contributed by atoms with Crippen molar-refractivity contribution in [2.45, 2.75) is 52.3 Å². The lowest BCUT2D eigenvalue weighted by atomic mass is 10.1. The maximum Gasteiger partial charge on any atom is 0.408 e. The van der Waals surface area contributed by atoms with Crippen LogP contribution in [0.5, 0.6) is 0 Å². The Morgan fingerprint density at radius 2 is 1.37 bits per heavy atom. The Bertz CT molecular complexity index is 1640. The molecule has 2 aromatic heterocycles. The number of aliphatic hydroxyl groups is 1. The standard InChI is InChI=1S/C17H18Cl2N2O4.C9H5Cl2NO.C8H13NO3.CH4/c1-3-8-24-17(23)21-12(4-2)15(22)16-20-9-13(25-16)14-10(18)6-5-7-11(14)19;10-6-2-1-3-7(11)9(6)8-4-12-5-13-8;1-3-5-12-8(11)9-7(4-2)6-10;/h3,5-7,9,12,15,22H,1,4,8H2,2H3,(H,21,23);1-5H;3,6-7H,1,4-5H2,2H3,(H,9,11);1H4/t12-,15?;;7-;/m0.0./s1. The van der Waals surface area contributed by atoms with Gasteiger partial charge in [-0.25, -0.2) is 19.6 Å². The van der Waals surface area contributed by atoms with Crippen LogP contribution < -0.4 is 10.6 Å². The normalized spacial score (nSPS) is 11.7. The lowest BCUT2D eigenvalue weighted by Gasteiger charge is -2.20. The Kier molecular flexibility index (Phi) is 21.0. The van der Waals surface area contributed by atoms with Crippen LogP contribution in [0.1, 0.15) is 46.1 Å². The number of ether oxygens (including phenoxy) is 2. The number of benzene rings is 2. The van der Waals surface area contributed by atoms with Gasteiger partial charge in [0, 0.05) is 0 Å². The van der Waals surface area contributed by atoms with E-state index in [1.54, 1.807) is 56.4 Å². The molecule has 0 spiro atoms. The Morgan fingerprint density at radius 1 is 0.863 bits per heavy atom. The van der Waals surface area contributed by atoms with Crippen LogP contribution in [-0.4, -0.2) is 58.8 Å². The zero-order chi connectivity index (χ0) is 37.1. The van der Waals surface area contributed by atoms with Gasteiger partial charge >= 0.3 is 12.2 Å². The summed E-state index contributed by atoms with van der Waals surface area (Å²) in [5.41, 5.74) is 1.17. The number of rotatable bonds is 13. The fourth-order valence-electron chi connectivity index (χ4n) is 3.81. The molecule has 0 saturated carbocycles. The highest BCUT2D eigenvalue weighted by Gasteiger charge is 2.27. The van der Waals surface area contributed by atoms with Crippen LogP contribution in [0.4, 0.5) is 9.59 Å². The van der Waals surface area contributed by atoms with E-state index in [9.17, 15) is 19.5 Å². The molecule has 4 rings (SSSR count). The molecule has 12 nitrogen and oxygen atoms in total. The fraction of sp³-hybridized carbons (Fsp3) is 0.286. The molecule has 2 aromatic carbocycles. The molecule has 0 saturated heterocycles. The van der Waals surface area contributed by atoms with Gasteiger partial charge in [0.05, 0.1) is 55.7 Å². The Balaban J connectivity index is 0.000000421. The summed E-state index contributed by atoms with van der Waals surface area (Å²) >= 11 is 24.2. The van der Waals surface area contributed by atoms with E-state index in [1.165, 1.54) is 24.7 Å². The number of aromatic nitrogens is 2. The van der Waals surface area contributed by atoms with Gasteiger partial charge in [-0.2, -0.15) is 0 Å². The maximum absolute atomic E-state index is 11.6. The summed E-state index contributed by atoms with van der Waals surface area (Å²) in [5.74, 6) is 0.950. The average Bonchev–Trinajstić information content (AvgIpc) is 3.81. The van der Waals surface area contributed by atoms with E-state index < -0.39 is 30.4 Å². The molecule has 1 unspecified atom stereocenters. The van der Waals surface area contributed by atoms with Crippen molar-refractivity contribution >= 4 is 64.9 Å². The highest BCUT2D eigenvalue weighted by Crippen LogP contribution is 2.36. The van der Waals surface area contributed by atoms with E-state index >= 15 is 0 Å². The zero-order valence-electron chi connectivity index (χ0n) is 27.1. The first-order valence-electron chi connectivity index (χ1n) is 15.0. The topological polar surface area (TPSA) is 166 Å². The third-order valence-electron chi connectivity index (χ3n) is 6.32. The molecule has 3 N–H and O–H groups in total. The molecule has 0 bridgehead atoms. The number of carbonyl (C=O) groups excluding carboxylic acids is 3. The van der Waals surface area contributed by atoms with Crippen molar-refractivity contribution in [1.82, 2.24) is 20.6 Å². The van der Waals surface area contributed by atoms with Gasteiger partial charge in [0.1, 0.15) is 19.5 Å². The first kappa shape index (κ1) is 44.7. The molecule has 0 aliphatic rings. The second-order valence-electron chi connectivity index (χ2n) is 9.80. The van der Waals surface area contributed by atoms with Crippen LogP contribution in [0.25, 0.3) is 22.6 Å². The van der Waals surface area contributed by atoms with Crippen LogP contribution in [0.2, 0.25) is 20.1 Å². The highest BCUT2D eigenvalue weighted by atomic mass is 35.5. The number of carbonyl (C=O) groups is 3. The first-order valence-corrected chi connectivity index (χ1v) is 16.5. The quantitative estimate of drug-likeness (QED) is 0.0878. The molecule has 0 aliphatic carbocycles. The van der Waals surface area contributed by atoms with Crippen LogP contribution in [0.15, 0.2) is 89.3 Å². The summed E-state index contributed by atoms with van der Waals surface area (Å²) in [7, 11) is 0. The minimum absolute atomic E-state index is 0. The number of nitrogens with one attached hydrogen (secondary N) is 2. The van der Waals surface area contributed by atoms with Crippen molar-refractivity contribution < 1.29 is 37.8 Å². The molecular formula is C35H40Cl4N4O8. The molecule has 2 amide bonds. The number of alkyl carbamates (subject to hydrolysis) is 2.